The topological polar surface area (TPSA) is 72.5 Å². The number of hydrogen-bond donors (Lipinski definition) is 1. The third-order valence-corrected chi connectivity index (χ3v) is 6.61. The standard InChI is InChI=1S/C26H23NO4S/c1-19-11-13-24(14-12-19)32(29,30)27-17-23-15-21-9-5-6-10-22(21)16-25(23)26(28)31-18-20-7-3-2-4-8-20/h2-16,27H,17-18H2,1H3. The molecule has 0 heterocycles. The van der Waals surface area contributed by atoms with Crippen LogP contribution in [0, 0.1) is 6.92 Å². The first-order chi connectivity index (χ1) is 15.4. The first-order valence-corrected chi connectivity index (χ1v) is 11.7. The van der Waals surface area contributed by atoms with Gasteiger partial charge in [-0.2, -0.15) is 0 Å². The quantitative estimate of drug-likeness (QED) is 0.407. The highest BCUT2D eigenvalue weighted by Gasteiger charge is 2.18. The summed E-state index contributed by atoms with van der Waals surface area (Å²) >= 11 is 0. The Hall–Kier alpha value is -3.48. The minimum absolute atomic E-state index is 0.0309. The molecule has 0 aliphatic carbocycles. The molecule has 4 aromatic carbocycles. The van der Waals surface area contributed by atoms with Crippen molar-refractivity contribution in [2.24, 2.45) is 0 Å². The van der Waals surface area contributed by atoms with Gasteiger partial charge in [-0.15, -0.1) is 0 Å². The average molecular weight is 446 g/mol. The molecular formula is C26H23NO4S. The monoisotopic (exact) mass is 445 g/mol. The van der Waals surface area contributed by atoms with Crippen LogP contribution >= 0.6 is 0 Å². The van der Waals surface area contributed by atoms with E-state index in [4.69, 9.17) is 4.74 Å². The van der Waals surface area contributed by atoms with E-state index in [9.17, 15) is 13.2 Å². The summed E-state index contributed by atoms with van der Waals surface area (Å²) in [5, 5.41) is 1.79. The maximum absolute atomic E-state index is 12.9. The van der Waals surface area contributed by atoms with Gasteiger partial charge in [0.2, 0.25) is 10.0 Å². The molecule has 0 bridgehead atoms. The first-order valence-electron chi connectivity index (χ1n) is 10.2. The lowest BCUT2D eigenvalue weighted by Crippen LogP contribution is -2.24. The number of sulfonamides is 1. The number of rotatable bonds is 7. The van der Waals surface area contributed by atoms with Crippen molar-refractivity contribution >= 4 is 26.8 Å². The van der Waals surface area contributed by atoms with Gasteiger partial charge in [0.25, 0.3) is 0 Å². The van der Waals surface area contributed by atoms with E-state index in [1.54, 1.807) is 30.3 Å². The van der Waals surface area contributed by atoms with Crippen molar-refractivity contribution < 1.29 is 17.9 Å². The molecule has 0 saturated heterocycles. The lowest BCUT2D eigenvalue weighted by Gasteiger charge is -2.13. The van der Waals surface area contributed by atoms with Crippen molar-refractivity contribution in [2.45, 2.75) is 25.0 Å². The largest absolute Gasteiger partial charge is 0.457 e. The number of carbonyl (C=O) groups excluding carboxylic acids is 1. The normalized spacial score (nSPS) is 11.4. The highest BCUT2D eigenvalue weighted by atomic mass is 32.2. The van der Waals surface area contributed by atoms with Crippen LogP contribution in [0.4, 0.5) is 0 Å². The van der Waals surface area contributed by atoms with Gasteiger partial charge in [0.15, 0.2) is 0 Å². The predicted octanol–water partition coefficient (Wildman–Crippen LogP) is 4.98. The summed E-state index contributed by atoms with van der Waals surface area (Å²) in [6.45, 7) is 2.00. The number of benzene rings is 4. The molecule has 0 atom stereocenters. The number of aryl methyl sites for hydroxylation is 1. The van der Waals surface area contributed by atoms with Crippen LogP contribution in [-0.2, 0) is 27.9 Å². The summed E-state index contributed by atoms with van der Waals surface area (Å²) in [5.41, 5.74) is 2.74. The molecule has 0 radical (unpaired) electrons. The highest BCUT2D eigenvalue weighted by molar-refractivity contribution is 7.89. The lowest BCUT2D eigenvalue weighted by molar-refractivity contribution is 0.0471. The summed E-state index contributed by atoms with van der Waals surface area (Å²) < 4.78 is 33.6. The van der Waals surface area contributed by atoms with E-state index in [2.05, 4.69) is 4.72 Å². The first kappa shape index (κ1) is 21.7. The molecule has 0 amide bonds. The second kappa shape index (κ2) is 9.34. The molecule has 162 valence electrons. The third kappa shape index (κ3) is 5.04. The number of ether oxygens (including phenoxy) is 1. The zero-order valence-corrected chi connectivity index (χ0v) is 18.4. The fourth-order valence-electron chi connectivity index (χ4n) is 3.40. The van der Waals surface area contributed by atoms with Gasteiger partial charge in [0, 0.05) is 6.54 Å². The Kier molecular flexibility index (Phi) is 6.35. The summed E-state index contributed by atoms with van der Waals surface area (Å²) in [6.07, 6.45) is 0. The zero-order valence-electron chi connectivity index (χ0n) is 17.6. The molecule has 0 saturated carbocycles. The molecular weight excluding hydrogens is 422 g/mol. The smallest absolute Gasteiger partial charge is 0.338 e. The van der Waals surface area contributed by atoms with Gasteiger partial charge in [-0.05, 0) is 53.1 Å². The summed E-state index contributed by atoms with van der Waals surface area (Å²) in [4.78, 5) is 13.1. The Morgan fingerprint density at radius 3 is 2.16 bits per heavy atom. The molecule has 0 aromatic heterocycles. The second-order valence-electron chi connectivity index (χ2n) is 7.56. The number of fused-ring (bicyclic) bond motifs is 1. The van der Waals surface area contributed by atoms with Gasteiger partial charge in [-0.25, -0.2) is 17.9 Å². The van der Waals surface area contributed by atoms with E-state index in [-0.39, 0.29) is 18.0 Å². The molecule has 6 heteroatoms. The Balaban J connectivity index is 1.60. The molecule has 0 aliphatic heterocycles. The fraction of sp³-hybridized carbons (Fsp3) is 0.115. The van der Waals surface area contributed by atoms with Crippen LogP contribution in [0.3, 0.4) is 0 Å². The SMILES string of the molecule is Cc1ccc(S(=O)(=O)NCc2cc3ccccc3cc2C(=O)OCc2ccccc2)cc1. The van der Waals surface area contributed by atoms with E-state index in [1.807, 2.05) is 67.6 Å². The third-order valence-electron chi connectivity index (χ3n) is 5.19. The van der Waals surface area contributed by atoms with E-state index in [0.29, 0.717) is 11.1 Å². The van der Waals surface area contributed by atoms with Crippen molar-refractivity contribution in [3.8, 4) is 0 Å². The molecule has 4 aromatic rings. The summed E-state index contributed by atoms with van der Waals surface area (Å²) in [5.74, 6) is -0.496. The van der Waals surface area contributed by atoms with E-state index >= 15 is 0 Å². The number of carbonyl (C=O) groups is 1. The maximum atomic E-state index is 12.9. The zero-order chi connectivity index (χ0) is 22.6. The van der Waals surface area contributed by atoms with Crippen molar-refractivity contribution in [3.63, 3.8) is 0 Å². The van der Waals surface area contributed by atoms with E-state index in [0.717, 1.165) is 21.9 Å². The Morgan fingerprint density at radius 2 is 1.47 bits per heavy atom. The summed E-state index contributed by atoms with van der Waals surface area (Å²) in [6, 6.07) is 27.2. The minimum Gasteiger partial charge on any atom is -0.457 e. The molecule has 32 heavy (non-hydrogen) atoms. The molecule has 0 unspecified atom stereocenters. The highest BCUT2D eigenvalue weighted by Crippen LogP contribution is 2.22. The summed E-state index contributed by atoms with van der Waals surface area (Å²) in [7, 11) is -3.73. The predicted molar refractivity (Wildman–Crippen MR) is 125 cm³/mol. The lowest BCUT2D eigenvalue weighted by atomic mass is 10.0. The van der Waals surface area contributed by atoms with Gasteiger partial charge in [-0.3, -0.25) is 0 Å². The van der Waals surface area contributed by atoms with Gasteiger partial charge in [-0.1, -0.05) is 72.3 Å². The van der Waals surface area contributed by atoms with Gasteiger partial charge >= 0.3 is 5.97 Å². The number of nitrogens with one attached hydrogen (secondary N) is 1. The number of hydrogen-bond acceptors (Lipinski definition) is 4. The molecule has 0 aliphatic rings. The van der Waals surface area contributed by atoms with Crippen LogP contribution < -0.4 is 4.72 Å². The second-order valence-corrected chi connectivity index (χ2v) is 9.32. The molecule has 1 N–H and O–H groups in total. The van der Waals surface area contributed by atoms with Crippen molar-refractivity contribution in [2.75, 3.05) is 0 Å². The number of esters is 1. The van der Waals surface area contributed by atoms with Crippen LogP contribution in [-0.4, -0.2) is 14.4 Å². The average Bonchev–Trinajstić information content (AvgIpc) is 2.81. The van der Waals surface area contributed by atoms with Crippen molar-refractivity contribution in [3.05, 3.63) is 113 Å². The van der Waals surface area contributed by atoms with Crippen molar-refractivity contribution in [1.29, 1.82) is 0 Å². The molecule has 0 fully saturated rings. The van der Waals surface area contributed by atoms with E-state index < -0.39 is 16.0 Å². The Labute approximate surface area is 187 Å². The Morgan fingerprint density at radius 1 is 0.844 bits per heavy atom. The maximum Gasteiger partial charge on any atom is 0.338 e. The van der Waals surface area contributed by atoms with Crippen LogP contribution in [0.2, 0.25) is 0 Å². The van der Waals surface area contributed by atoms with Crippen LogP contribution in [0.25, 0.3) is 10.8 Å². The van der Waals surface area contributed by atoms with Crippen LogP contribution in [0.1, 0.15) is 27.0 Å². The van der Waals surface area contributed by atoms with Crippen molar-refractivity contribution in [1.82, 2.24) is 4.72 Å². The molecule has 5 nitrogen and oxygen atoms in total. The van der Waals surface area contributed by atoms with Gasteiger partial charge < -0.3 is 4.74 Å². The fourth-order valence-corrected chi connectivity index (χ4v) is 4.40. The molecule has 4 rings (SSSR count). The molecule has 0 spiro atoms. The van der Waals surface area contributed by atoms with Crippen LogP contribution in [0.15, 0.2) is 95.9 Å². The van der Waals surface area contributed by atoms with Gasteiger partial charge in [0.05, 0.1) is 10.5 Å². The van der Waals surface area contributed by atoms with E-state index in [1.165, 1.54) is 0 Å². The Bertz CT molecular complexity index is 1350. The minimum atomic E-state index is -3.73. The van der Waals surface area contributed by atoms with Gasteiger partial charge in [0.1, 0.15) is 6.61 Å². The van der Waals surface area contributed by atoms with Crippen LogP contribution in [0.5, 0.6) is 0 Å².